The first-order chi connectivity index (χ1) is 9.26. The van der Waals surface area contributed by atoms with Gasteiger partial charge >= 0.3 is 0 Å². The highest BCUT2D eigenvalue weighted by molar-refractivity contribution is 5.52. The topological polar surface area (TPSA) is 12.0 Å². The SMILES string of the molecule is C=C/C=C\C(=C/C)Nc1cccc(C)c1.CC.CF. The van der Waals surface area contributed by atoms with Gasteiger partial charge in [-0.15, -0.1) is 0 Å². The molecular weight excluding hydrogens is 237 g/mol. The molecule has 0 unspecified atom stereocenters. The fraction of sp³-hybridized carbons (Fsp3) is 0.294. The van der Waals surface area contributed by atoms with E-state index in [-0.39, 0.29) is 0 Å². The number of nitrogens with one attached hydrogen (secondary N) is 1. The fourth-order valence-electron chi connectivity index (χ4n) is 1.27. The predicted octanol–water partition coefficient (Wildman–Crippen LogP) is 5.66. The van der Waals surface area contributed by atoms with Gasteiger partial charge in [0.2, 0.25) is 0 Å². The monoisotopic (exact) mass is 263 g/mol. The average molecular weight is 263 g/mol. The average Bonchev–Trinajstić information content (AvgIpc) is 2.47. The van der Waals surface area contributed by atoms with Gasteiger partial charge in [0.05, 0.1) is 7.18 Å². The van der Waals surface area contributed by atoms with Crippen LogP contribution in [0.2, 0.25) is 0 Å². The van der Waals surface area contributed by atoms with Gasteiger partial charge in [-0.1, -0.05) is 50.8 Å². The summed E-state index contributed by atoms with van der Waals surface area (Å²) in [6, 6.07) is 8.30. The summed E-state index contributed by atoms with van der Waals surface area (Å²) in [5.41, 5.74) is 3.43. The standard InChI is InChI=1S/C14H17N.C2H6.CH3F/c1-4-6-9-13(5-2)15-14-10-7-8-12(3)11-14;2*1-2/h4-11,15H,1H2,2-3H3;1-2H3;1H3/b9-6-,13-5+;;. The van der Waals surface area contributed by atoms with Crippen LogP contribution in [-0.2, 0) is 0 Å². The minimum absolute atomic E-state index is 0.500. The predicted molar refractivity (Wildman–Crippen MR) is 86.3 cm³/mol. The lowest BCUT2D eigenvalue weighted by atomic mass is 10.2. The molecule has 0 aliphatic carbocycles. The number of alkyl halides is 1. The molecule has 106 valence electrons. The Kier molecular flexibility index (Phi) is 14.6. The van der Waals surface area contributed by atoms with E-state index in [0.717, 1.165) is 11.4 Å². The van der Waals surface area contributed by atoms with Crippen LogP contribution >= 0.6 is 0 Å². The lowest BCUT2D eigenvalue weighted by molar-refractivity contribution is 0.636. The number of benzene rings is 1. The molecule has 1 rings (SSSR count). The Bertz CT molecular complexity index is 392. The lowest BCUT2D eigenvalue weighted by Crippen LogP contribution is -1.96. The molecule has 0 heterocycles. The van der Waals surface area contributed by atoms with Crippen LogP contribution in [0.1, 0.15) is 26.3 Å². The van der Waals surface area contributed by atoms with Crippen LogP contribution < -0.4 is 5.32 Å². The zero-order chi connectivity index (χ0) is 15.1. The van der Waals surface area contributed by atoms with Crippen molar-refractivity contribution in [2.75, 3.05) is 12.5 Å². The van der Waals surface area contributed by atoms with Crippen molar-refractivity contribution in [3.63, 3.8) is 0 Å². The van der Waals surface area contributed by atoms with Gasteiger partial charge in [0.25, 0.3) is 0 Å². The van der Waals surface area contributed by atoms with E-state index in [1.54, 1.807) is 6.08 Å². The number of hydrogen-bond acceptors (Lipinski definition) is 1. The highest BCUT2D eigenvalue weighted by Gasteiger charge is 1.93. The molecule has 0 aromatic heterocycles. The fourth-order valence-corrected chi connectivity index (χ4v) is 1.27. The molecule has 0 amide bonds. The third kappa shape index (κ3) is 9.83. The molecular formula is C17H26FN. The van der Waals surface area contributed by atoms with Crippen LogP contribution in [-0.4, -0.2) is 7.18 Å². The molecule has 0 atom stereocenters. The van der Waals surface area contributed by atoms with Crippen molar-refractivity contribution in [2.24, 2.45) is 0 Å². The third-order valence-electron chi connectivity index (χ3n) is 2.03. The van der Waals surface area contributed by atoms with Crippen molar-refractivity contribution in [1.82, 2.24) is 0 Å². The Morgan fingerprint density at radius 2 is 1.89 bits per heavy atom. The molecule has 1 N–H and O–H groups in total. The zero-order valence-corrected chi connectivity index (χ0v) is 12.7. The van der Waals surface area contributed by atoms with Gasteiger partial charge < -0.3 is 5.32 Å². The van der Waals surface area contributed by atoms with Gasteiger partial charge in [-0.05, 0) is 37.6 Å². The van der Waals surface area contributed by atoms with Crippen molar-refractivity contribution in [3.05, 3.63) is 66.4 Å². The molecule has 1 aromatic carbocycles. The summed E-state index contributed by atoms with van der Waals surface area (Å²) in [5.74, 6) is 0. The van der Waals surface area contributed by atoms with Gasteiger partial charge in [-0.25, -0.2) is 0 Å². The van der Waals surface area contributed by atoms with E-state index in [0.29, 0.717) is 7.18 Å². The van der Waals surface area contributed by atoms with E-state index in [9.17, 15) is 4.39 Å². The molecule has 1 aromatic rings. The Labute approximate surface area is 117 Å². The molecule has 1 nitrogen and oxygen atoms in total. The van der Waals surface area contributed by atoms with Crippen molar-refractivity contribution in [2.45, 2.75) is 27.7 Å². The summed E-state index contributed by atoms with van der Waals surface area (Å²) in [6.07, 6.45) is 7.71. The molecule has 2 heteroatoms. The minimum atomic E-state index is 0.500. The Hall–Kier alpha value is -1.83. The van der Waals surface area contributed by atoms with Crippen molar-refractivity contribution < 1.29 is 4.39 Å². The van der Waals surface area contributed by atoms with Crippen LogP contribution in [0.3, 0.4) is 0 Å². The highest BCUT2D eigenvalue weighted by atomic mass is 19.1. The van der Waals surface area contributed by atoms with Gasteiger partial charge in [0, 0.05) is 11.4 Å². The molecule has 0 spiro atoms. The van der Waals surface area contributed by atoms with Crippen molar-refractivity contribution >= 4 is 5.69 Å². The number of anilines is 1. The van der Waals surface area contributed by atoms with Crippen LogP contribution in [0.4, 0.5) is 10.1 Å². The van der Waals surface area contributed by atoms with E-state index in [2.05, 4.69) is 37.0 Å². The molecule has 0 bridgehead atoms. The highest BCUT2D eigenvalue weighted by Crippen LogP contribution is 2.12. The largest absolute Gasteiger partial charge is 0.356 e. The first kappa shape index (κ1) is 19.5. The van der Waals surface area contributed by atoms with E-state index >= 15 is 0 Å². The normalized spacial score (nSPS) is 9.89. The van der Waals surface area contributed by atoms with Crippen LogP contribution in [0, 0.1) is 6.92 Å². The Morgan fingerprint density at radius 1 is 1.26 bits per heavy atom. The second kappa shape index (κ2) is 14.2. The van der Waals surface area contributed by atoms with Gasteiger partial charge in [0.15, 0.2) is 0 Å². The van der Waals surface area contributed by atoms with Gasteiger partial charge in [0.1, 0.15) is 0 Å². The number of halogens is 1. The first-order valence-corrected chi connectivity index (χ1v) is 6.43. The molecule has 0 radical (unpaired) electrons. The van der Waals surface area contributed by atoms with E-state index in [1.165, 1.54) is 5.56 Å². The van der Waals surface area contributed by atoms with Crippen molar-refractivity contribution in [3.8, 4) is 0 Å². The molecule has 0 aliphatic heterocycles. The van der Waals surface area contributed by atoms with Gasteiger partial charge in [-0.3, -0.25) is 4.39 Å². The van der Waals surface area contributed by atoms with Crippen LogP contribution in [0.25, 0.3) is 0 Å². The summed E-state index contributed by atoms with van der Waals surface area (Å²) in [7, 11) is 0.500. The maximum Gasteiger partial charge on any atom is 0.0785 e. The van der Waals surface area contributed by atoms with E-state index in [1.807, 2.05) is 45.1 Å². The Morgan fingerprint density at radius 3 is 2.37 bits per heavy atom. The van der Waals surface area contributed by atoms with Gasteiger partial charge in [-0.2, -0.15) is 0 Å². The molecule has 0 fully saturated rings. The molecule has 0 aliphatic rings. The number of hydrogen-bond donors (Lipinski definition) is 1. The summed E-state index contributed by atoms with van der Waals surface area (Å²) in [6.45, 7) is 11.7. The maximum absolute atomic E-state index is 9.50. The summed E-state index contributed by atoms with van der Waals surface area (Å²) in [4.78, 5) is 0. The smallest absolute Gasteiger partial charge is 0.0785 e. The van der Waals surface area contributed by atoms with E-state index in [4.69, 9.17) is 0 Å². The van der Waals surface area contributed by atoms with E-state index < -0.39 is 0 Å². The lowest BCUT2D eigenvalue weighted by Gasteiger charge is -2.07. The molecule has 19 heavy (non-hydrogen) atoms. The summed E-state index contributed by atoms with van der Waals surface area (Å²) < 4.78 is 9.50. The minimum Gasteiger partial charge on any atom is -0.356 e. The Balaban J connectivity index is 0. The second-order valence-electron chi connectivity index (χ2n) is 3.33. The van der Waals surface area contributed by atoms with Crippen LogP contribution in [0.15, 0.2) is 60.8 Å². The van der Waals surface area contributed by atoms with Crippen LogP contribution in [0.5, 0.6) is 0 Å². The zero-order valence-electron chi connectivity index (χ0n) is 12.7. The quantitative estimate of drug-likeness (QED) is 0.691. The third-order valence-corrected chi connectivity index (χ3v) is 2.03. The number of allylic oxidation sites excluding steroid dienone is 4. The maximum atomic E-state index is 9.50. The number of aryl methyl sites for hydroxylation is 1. The number of rotatable bonds is 4. The second-order valence-corrected chi connectivity index (χ2v) is 3.33. The van der Waals surface area contributed by atoms with Crippen molar-refractivity contribution in [1.29, 1.82) is 0 Å². The molecule has 0 saturated carbocycles. The summed E-state index contributed by atoms with van der Waals surface area (Å²) in [5, 5.41) is 3.33. The molecule has 0 saturated heterocycles. The first-order valence-electron chi connectivity index (χ1n) is 6.43. The summed E-state index contributed by atoms with van der Waals surface area (Å²) >= 11 is 0.